The minimum Gasteiger partial charge on any atom is -0.452 e. The number of nitrogens with one attached hydrogen (secondary N) is 1. The molecule has 2 aliphatic rings. The van der Waals surface area contributed by atoms with Gasteiger partial charge in [-0.2, -0.15) is 0 Å². The quantitative estimate of drug-likeness (QED) is 0.620. The van der Waals surface area contributed by atoms with Crippen molar-refractivity contribution in [3.05, 3.63) is 29.8 Å². The number of anilines is 1. The molecule has 28 heavy (non-hydrogen) atoms. The zero-order valence-electron chi connectivity index (χ0n) is 15.9. The van der Waals surface area contributed by atoms with Gasteiger partial charge in [-0.1, -0.05) is 38.2 Å². The van der Waals surface area contributed by atoms with Crippen LogP contribution in [0.15, 0.2) is 24.3 Å². The normalized spacial score (nSPS) is 18.5. The molecule has 0 bridgehead atoms. The highest BCUT2D eigenvalue weighted by molar-refractivity contribution is 6.20. The van der Waals surface area contributed by atoms with Crippen molar-refractivity contribution in [3.63, 3.8) is 0 Å². The lowest BCUT2D eigenvalue weighted by molar-refractivity contribution is -0.125. The van der Waals surface area contributed by atoms with E-state index in [4.69, 9.17) is 4.74 Å². The van der Waals surface area contributed by atoms with Crippen LogP contribution in [0, 0.1) is 0 Å². The maximum Gasteiger partial charge on any atom is 0.338 e. The molecule has 1 aromatic rings. The number of rotatable bonds is 5. The minimum atomic E-state index is -0.659. The van der Waals surface area contributed by atoms with Gasteiger partial charge in [0.1, 0.15) is 0 Å². The number of benzene rings is 1. The van der Waals surface area contributed by atoms with E-state index in [1.54, 1.807) is 12.1 Å². The Balaban J connectivity index is 1.53. The zero-order chi connectivity index (χ0) is 19.9. The third kappa shape index (κ3) is 5.18. The molecule has 3 rings (SSSR count). The van der Waals surface area contributed by atoms with Crippen LogP contribution in [0.2, 0.25) is 0 Å². The minimum absolute atomic E-state index is 0.141. The highest BCUT2D eigenvalue weighted by Gasteiger charge is 2.30. The molecule has 3 amide bonds. The summed E-state index contributed by atoms with van der Waals surface area (Å²) >= 11 is 0. The fourth-order valence-corrected chi connectivity index (χ4v) is 3.72. The average molecular weight is 386 g/mol. The number of amides is 3. The Morgan fingerprint density at radius 3 is 2.32 bits per heavy atom. The number of hydrogen-bond donors (Lipinski definition) is 1. The molecular formula is C21H26N2O5. The Labute approximate surface area is 164 Å². The first-order valence-corrected chi connectivity index (χ1v) is 9.97. The smallest absolute Gasteiger partial charge is 0.338 e. The van der Waals surface area contributed by atoms with E-state index in [1.165, 1.54) is 31.4 Å². The summed E-state index contributed by atoms with van der Waals surface area (Å²) in [5, 5.41) is 2.95. The molecule has 1 N–H and O–H groups in total. The third-order valence-corrected chi connectivity index (χ3v) is 5.20. The summed E-state index contributed by atoms with van der Waals surface area (Å²) in [5.74, 6) is -1.53. The molecule has 1 aliphatic heterocycles. The Hall–Kier alpha value is -2.70. The van der Waals surface area contributed by atoms with Gasteiger partial charge in [0.25, 0.3) is 5.91 Å². The number of carbonyl (C=O) groups is 4. The number of ether oxygens (including phenoxy) is 1. The molecule has 1 aliphatic carbocycles. The van der Waals surface area contributed by atoms with E-state index in [-0.39, 0.29) is 48.8 Å². The van der Waals surface area contributed by atoms with Crippen molar-refractivity contribution in [2.24, 2.45) is 0 Å². The average Bonchev–Trinajstić information content (AvgIpc) is 3.00. The molecule has 7 nitrogen and oxygen atoms in total. The van der Waals surface area contributed by atoms with Gasteiger partial charge < -0.3 is 10.1 Å². The van der Waals surface area contributed by atoms with Gasteiger partial charge in [0.15, 0.2) is 6.61 Å². The van der Waals surface area contributed by atoms with Crippen molar-refractivity contribution in [2.45, 2.75) is 63.8 Å². The highest BCUT2D eigenvalue weighted by atomic mass is 16.5. The Kier molecular flexibility index (Phi) is 6.79. The zero-order valence-corrected chi connectivity index (χ0v) is 15.9. The topological polar surface area (TPSA) is 92.8 Å². The van der Waals surface area contributed by atoms with Crippen molar-refractivity contribution in [1.82, 2.24) is 5.32 Å². The third-order valence-electron chi connectivity index (χ3n) is 5.20. The number of carbonyl (C=O) groups excluding carboxylic acids is 4. The van der Waals surface area contributed by atoms with E-state index < -0.39 is 5.97 Å². The first kappa shape index (κ1) is 20.0. The molecular weight excluding hydrogens is 360 g/mol. The van der Waals surface area contributed by atoms with Crippen LogP contribution in [-0.2, 0) is 19.1 Å². The first-order valence-electron chi connectivity index (χ1n) is 9.97. The molecule has 0 spiro atoms. The molecule has 1 heterocycles. The van der Waals surface area contributed by atoms with Crippen molar-refractivity contribution >= 4 is 29.4 Å². The van der Waals surface area contributed by atoms with Crippen LogP contribution in [0.25, 0.3) is 0 Å². The molecule has 7 heteroatoms. The Morgan fingerprint density at radius 2 is 1.64 bits per heavy atom. The molecule has 0 radical (unpaired) electrons. The van der Waals surface area contributed by atoms with Crippen LogP contribution in [-0.4, -0.2) is 36.3 Å². The van der Waals surface area contributed by atoms with Crippen LogP contribution in [0.1, 0.15) is 68.1 Å². The molecule has 1 saturated carbocycles. The van der Waals surface area contributed by atoms with Gasteiger partial charge in [-0.25, -0.2) is 4.79 Å². The molecule has 1 aromatic carbocycles. The first-order chi connectivity index (χ1) is 13.5. The second-order valence-electron chi connectivity index (χ2n) is 7.36. The van der Waals surface area contributed by atoms with Crippen molar-refractivity contribution in [2.75, 3.05) is 11.5 Å². The fraction of sp³-hybridized carbons (Fsp3) is 0.524. The molecule has 1 saturated heterocycles. The molecule has 150 valence electrons. The summed E-state index contributed by atoms with van der Waals surface area (Å²) in [5.41, 5.74) is 0.546. The van der Waals surface area contributed by atoms with E-state index in [0.29, 0.717) is 5.69 Å². The van der Waals surface area contributed by atoms with E-state index >= 15 is 0 Å². The van der Waals surface area contributed by atoms with Crippen molar-refractivity contribution in [1.29, 1.82) is 0 Å². The SMILES string of the molecule is O=C(COC(=O)c1cccc(N2C(=O)CCC2=O)c1)NC1CCCCCCC1. The second kappa shape index (κ2) is 9.48. The largest absolute Gasteiger partial charge is 0.452 e. The predicted octanol–water partition coefficient (Wildman–Crippen LogP) is 2.73. The van der Waals surface area contributed by atoms with Gasteiger partial charge in [0.2, 0.25) is 11.8 Å². The van der Waals surface area contributed by atoms with E-state index in [2.05, 4.69) is 5.32 Å². The molecule has 0 unspecified atom stereocenters. The summed E-state index contributed by atoms with van der Waals surface area (Å²) in [6.07, 6.45) is 8.12. The lowest BCUT2D eigenvalue weighted by atomic mass is 9.97. The summed E-state index contributed by atoms with van der Waals surface area (Å²) in [7, 11) is 0. The monoisotopic (exact) mass is 386 g/mol. The fourth-order valence-electron chi connectivity index (χ4n) is 3.72. The van der Waals surface area contributed by atoms with Crippen LogP contribution in [0.4, 0.5) is 5.69 Å². The Bertz CT molecular complexity index is 737. The number of nitrogens with zero attached hydrogens (tertiary/aromatic N) is 1. The summed E-state index contributed by atoms with van der Waals surface area (Å²) in [6, 6.07) is 6.29. The highest BCUT2D eigenvalue weighted by Crippen LogP contribution is 2.23. The van der Waals surface area contributed by atoms with E-state index in [1.807, 2.05) is 0 Å². The molecule has 2 fully saturated rings. The second-order valence-corrected chi connectivity index (χ2v) is 7.36. The van der Waals surface area contributed by atoms with Crippen LogP contribution < -0.4 is 10.2 Å². The Morgan fingerprint density at radius 1 is 1.00 bits per heavy atom. The lowest BCUT2D eigenvalue weighted by Gasteiger charge is -2.21. The van der Waals surface area contributed by atoms with Gasteiger partial charge >= 0.3 is 5.97 Å². The van der Waals surface area contributed by atoms with Gasteiger partial charge in [0, 0.05) is 18.9 Å². The number of esters is 1. The van der Waals surface area contributed by atoms with E-state index in [0.717, 1.165) is 30.6 Å². The van der Waals surface area contributed by atoms with Crippen LogP contribution in [0.5, 0.6) is 0 Å². The molecule has 0 atom stereocenters. The number of imide groups is 1. The van der Waals surface area contributed by atoms with Gasteiger partial charge in [0.05, 0.1) is 11.3 Å². The maximum atomic E-state index is 12.3. The van der Waals surface area contributed by atoms with Gasteiger partial charge in [-0.15, -0.1) is 0 Å². The predicted molar refractivity (Wildman–Crippen MR) is 103 cm³/mol. The summed E-state index contributed by atoms with van der Waals surface area (Å²) in [4.78, 5) is 49.2. The van der Waals surface area contributed by atoms with Crippen molar-refractivity contribution < 1.29 is 23.9 Å². The van der Waals surface area contributed by atoms with Crippen LogP contribution >= 0.6 is 0 Å². The standard InChI is InChI=1S/C21H26N2O5/c24-18(22-16-8-4-2-1-3-5-9-16)14-28-21(27)15-7-6-10-17(13-15)23-19(25)11-12-20(23)26/h6-7,10,13,16H,1-5,8-9,11-12,14H2,(H,22,24). The van der Waals surface area contributed by atoms with E-state index in [9.17, 15) is 19.2 Å². The van der Waals surface area contributed by atoms with Crippen molar-refractivity contribution in [3.8, 4) is 0 Å². The van der Waals surface area contributed by atoms with Gasteiger partial charge in [-0.3, -0.25) is 19.3 Å². The maximum absolute atomic E-state index is 12.3. The molecule has 0 aromatic heterocycles. The van der Waals surface area contributed by atoms with Crippen LogP contribution in [0.3, 0.4) is 0 Å². The summed E-state index contributed by atoms with van der Waals surface area (Å²) in [6.45, 7) is -0.346. The number of hydrogen-bond acceptors (Lipinski definition) is 5. The van der Waals surface area contributed by atoms with Gasteiger partial charge in [-0.05, 0) is 31.0 Å². The summed E-state index contributed by atoms with van der Waals surface area (Å²) < 4.78 is 5.12. The lowest BCUT2D eigenvalue weighted by Crippen LogP contribution is -2.38.